The van der Waals surface area contributed by atoms with Gasteiger partial charge >= 0.3 is 0 Å². The lowest BCUT2D eigenvalue weighted by Crippen LogP contribution is -2.33. The first-order valence-corrected chi connectivity index (χ1v) is 3.98. The minimum Gasteiger partial charge on any atom is -0.326 e. The summed E-state index contributed by atoms with van der Waals surface area (Å²) in [6.07, 6.45) is 4.18. The van der Waals surface area contributed by atoms with Crippen LogP contribution >= 0.6 is 0 Å². The predicted octanol–water partition coefficient (Wildman–Crippen LogP) is 1.77. The Hall–Kier alpha value is -1.31. The molecule has 0 aromatic carbocycles. The summed E-state index contributed by atoms with van der Waals surface area (Å²) in [6, 6.07) is 0. The minimum absolute atomic E-state index is 0.0432. The fourth-order valence-corrected chi connectivity index (χ4v) is 1.24. The normalized spacial score (nSPS) is 23.4. The predicted molar refractivity (Wildman–Crippen MR) is 49.3 cm³/mol. The lowest BCUT2D eigenvalue weighted by atomic mass is 9.95. The molecule has 0 saturated heterocycles. The van der Waals surface area contributed by atoms with E-state index >= 15 is 0 Å². The van der Waals surface area contributed by atoms with Gasteiger partial charge < -0.3 is 5.32 Å². The van der Waals surface area contributed by atoms with Crippen molar-refractivity contribution in [2.45, 2.75) is 13.3 Å². The van der Waals surface area contributed by atoms with E-state index in [9.17, 15) is 4.79 Å². The first kappa shape index (κ1) is 8.78. The minimum atomic E-state index is 0.0432. The van der Waals surface area contributed by atoms with Crippen LogP contribution in [0.3, 0.4) is 0 Å². The zero-order chi connectivity index (χ0) is 9.14. The van der Waals surface area contributed by atoms with Crippen molar-refractivity contribution in [1.29, 1.82) is 0 Å². The number of allylic oxidation sites excluding steroid dienone is 3. The quantitative estimate of drug-likeness (QED) is 0.660. The van der Waals surface area contributed by atoms with Crippen LogP contribution in [0.4, 0.5) is 0 Å². The summed E-state index contributed by atoms with van der Waals surface area (Å²) in [5.41, 5.74) is 1.87. The van der Waals surface area contributed by atoms with E-state index in [1.54, 1.807) is 12.2 Å². The molecule has 12 heavy (non-hydrogen) atoms. The van der Waals surface area contributed by atoms with Gasteiger partial charge in [-0.25, -0.2) is 0 Å². The Morgan fingerprint density at radius 3 is 2.67 bits per heavy atom. The van der Waals surface area contributed by atoms with Crippen LogP contribution in [-0.2, 0) is 4.79 Å². The van der Waals surface area contributed by atoms with Gasteiger partial charge in [0, 0.05) is 11.6 Å². The van der Waals surface area contributed by atoms with Gasteiger partial charge in [-0.15, -0.1) is 0 Å². The maximum atomic E-state index is 11.2. The third kappa shape index (κ3) is 1.47. The van der Waals surface area contributed by atoms with Crippen molar-refractivity contribution in [3.8, 4) is 0 Å². The first-order valence-electron chi connectivity index (χ1n) is 3.98. The van der Waals surface area contributed by atoms with Crippen LogP contribution < -0.4 is 5.32 Å². The monoisotopic (exact) mass is 163 g/mol. The van der Waals surface area contributed by atoms with E-state index in [1.165, 1.54) is 0 Å². The molecule has 2 nitrogen and oxygen atoms in total. The molecule has 0 bridgehead atoms. The number of amides is 1. The maximum Gasteiger partial charge on any atom is 0.227 e. The van der Waals surface area contributed by atoms with Gasteiger partial charge in [-0.1, -0.05) is 26.2 Å². The summed E-state index contributed by atoms with van der Waals surface area (Å²) in [6.45, 7) is 9.21. The smallest absolute Gasteiger partial charge is 0.227 e. The molecule has 0 aromatic rings. The average Bonchev–Trinajstić information content (AvgIpc) is 2.09. The van der Waals surface area contributed by atoms with Crippen LogP contribution in [0.15, 0.2) is 36.6 Å². The Balaban J connectivity index is 2.97. The molecular formula is C10H13NO. The Morgan fingerprint density at radius 1 is 1.50 bits per heavy atom. The van der Waals surface area contributed by atoms with Crippen molar-refractivity contribution in [2.75, 3.05) is 0 Å². The van der Waals surface area contributed by atoms with Crippen LogP contribution in [0.1, 0.15) is 13.3 Å². The lowest BCUT2D eigenvalue weighted by molar-refractivity contribution is -0.124. The molecule has 1 atom stereocenters. The molecule has 1 heterocycles. The Morgan fingerprint density at radius 2 is 2.17 bits per heavy atom. The number of nitrogens with one attached hydrogen (secondary N) is 1. The molecule has 0 aromatic heterocycles. The number of hydrogen-bond donors (Lipinski definition) is 1. The second kappa shape index (κ2) is 3.39. The molecule has 0 fully saturated rings. The summed E-state index contributed by atoms with van der Waals surface area (Å²) >= 11 is 0. The molecule has 0 spiro atoms. The SMILES string of the molecule is C=CC1=C(C=C)NC(=O)C(C)C1. The van der Waals surface area contributed by atoms with Crippen molar-refractivity contribution in [2.24, 2.45) is 5.92 Å². The van der Waals surface area contributed by atoms with Crippen molar-refractivity contribution >= 4 is 5.91 Å². The van der Waals surface area contributed by atoms with Crippen LogP contribution in [0.25, 0.3) is 0 Å². The summed E-state index contributed by atoms with van der Waals surface area (Å²) in [4.78, 5) is 11.2. The van der Waals surface area contributed by atoms with Crippen molar-refractivity contribution < 1.29 is 4.79 Å². The zero-order valence-corrected chi connectivity index (χ0v) is 7.26. The van der Waals surface area contributed by atoms with E-state index in [0.717, 1.165) is 17.7 Å². The number of rotatable bonds is 2. The van der Waals surface area contributed by atoms with Crippen LogP contribution in [0.5, 0.6) is 0 Å². The Kier molecular flexibility index (Phi) is 2.48. The molecular weight excluding hydrogens is 150 g/mol. The summed E-state index contributed by atoms with van der Waals surface area (Å²) in [7, 11) is 0. The molecule has 1 unspecified atom stereocenters. The highest BCUT2D eigenvalue weighted by molar-refractivity contribution is 5.82. The first-order chi connectivity index (χ1) is 5.69. The van der Waals surface area contributed by atoms with E-state index in [1.807, 2.05) is 6.92 Å². The third-order valence-electron chi connectivity index (χ3n) is 2.03. The number of hydrogen-bond acceptors (Lipinski definition) is 1. The Labute approximate surface area is 72.7 Å². The topological polar surface area (TPSA) is 29.1 Å². The van der Waals surface area contributed by atoms with Crippen molar-refractivity contribution in [3.05, 3.63) is 36.6 Å². The fourth-order valence-electron chi connectivity index (χ4n) is 1.24. The molecule has 2 heteroatoms. The molecule has 1 N–H and O–H groups in total. The molecule has 0 aliphatic carbocycles. The average molecular weight is 163 g/mol. The zero-order valence-electron chi connectivity index (χ0n) is 7.26. The second-order valence-corrected chi connectivity index (χ2v) is 2.94. The number of carbonyl (C=O) groups excluding carboxylic acids is 1. The van der Waals surface area contributed by atoms with E-state index in [-0.39, 0.29) is 11.8 Å². The van der Waals surface area contributed by atoms with Gasteiger partial charge in [-0.05, 0) is 18.1 Å². The van der Waals surface area contributed by atoms with Crippen molar-refractivity contribution in [3.63, 3.8) is 0 Å². The third-order valence-corrected chi connectivity index (χ3v) is 2.03. The van der Waals surface area contributed by atoms with Gasteiger partial charge in [0.25, 0.3) is 0 Å². The van der Waals surface area contributed by atoms with E-state index < -0.39 is 0 Å². The highest BCUT2D eigenvalue weighted by Gasteiger charge is 2.21. The molecule has 1 aliphatic rings. The summed E-state index contributed by atoms with van der Waals surface area (Å²) < 4.78 is 0. The summed E-state index contributed by atoms with van der Waals surface area (Å²) in [5, 5.41) is 2.77. The Bertz CT molecular complexity index is 263. The van der Waals surface area contributed by atoms with E-state index in [0.29, 0.717) is 0 Å². The molecule has 1 amide bonds. The standard InChI is InChI=1S/C10H13NO/c1-4-8-6-7(3)10(12)11-9(8)5-2/h4-5,7H,1-2,6H2,3H3,(H,11,12). The fraction of sp³-hybridized carbons (Fsp3) is 0.300. The van der Waals surface area contributed by atoms with Gasteiger partial charge in [-0.2, -0.15) is 0 Å². The van der Waals surface area contributed by atoms with E-state index in [2.05, 4.69) is 18.5 Å². The molecule has 0 saturated carbocycles. The van der Waals surface area contributed by atoms with Crippen LogP contribution in [-0.4, -0.2) is 5.91 Å². The van der Waals surface area contributed by atoms with Gasteiger partial charge in [0.2, 0.25) is 5.91 Å². The second-order valence-electron chi connectivity index (χ2n) is 2.94. The molecule has 0 radical (unpaired) electrons. The van der Waals surface area contributed by atoms with Gasteiger partial charge in [0.15, 0.2) is 0 Å². The highest BCUT2D eigenvalue weighted by atomic mass is 16.1. The number of carbonyl (C=O) groups is 1. The molecule has 64 valence electrons. The van der Waals surface area contributed by atoms with Gasteiger partial charge in [0.1, 0.15) is 0 Å². The largest absolute Gasteiger partial charge is 0.326 e. The highest BCUT2D eigenvalue weighted by Crippen LogP contribution is 2.21. The summed E-state index contributed by atoms with van der Waals surface area (Å²) in [5.74, 6) is 0.109. The molecule has 1 aliphatic heterocycles. The van der Waals surface area contributed by atoms with Crippen LogP contribution in [0, 0.1) is 5.92 Å². The van der Waals surface area contributed by atoms with E-state index in [4.69, 9.17) is 0 Å². The van der Waals surface area contributed by atoms with Gasteiger partial charge in [-0.3, -0.25) is 4.79 Å². The van der Waals surface area contributed by atoms with Crippen LogP contribution in [0.2, 0.25) is 0 Å². The van der Waals surface area contributed by atoms with Gasteiger partial charge in [0.05, 0.1) is 0 Å². The maximum absolute atomic E-state index is 11.2. The lowest BCUT2D eigenvalue weighted by Gasteiger charge is -2.21. The molecule has 1 rings (SSSR count). The van der Waals surface area contributed by atoms with Crippen molar-refractivity contribution in [1.82, 2.24) is 5.32 Å².